The number of hydrogen-bond donors (Lipinski definition) is 1. The molecule has 0 saturated carbocycles. The topological polar surface area (TPSA) is 15.3 Å². The molecule has 2 rings (SSSR count). The molecule has 0 aliphatic carbocycles. The van der Waals surface area contributed by atoms with Gasteiger partial charge in [-0.1, -0.05) is 38.4 Å². The molecular weight excluding hydrogens is 268 g/mol. The van der Waals surface area contributed by atoms with Gasteiger partial charge in [-0.15, -0.1) is 0 Å². The Morgan fingerprint density at radius 3 is 2.70 bits per heavy atom. The summed E-state index contributed by atoms with van der Waals surface area (Å²) in [5.74, 6) is 0. The van der Waals surface area contributed by atoms with E-state index < -0.39 is 0 Å². The van der Waals surface area contributed by atoms with Crippen molar-refractivity contribution in [1.29, 1.82) is 0 Å². The molecule has 0 amide bonds. The van der Waals surface area contributed by atoms with Crippen molar-refractivity contribution in [2.45, 2.75) is 46.6 Å². The van der Waals surface area contributed by atoms with Gasteiger partial charge in [0.15, 0.2) is 0 Å². The van der Waals surface area contributed by atoms with Crippen LogP contribution in [-0.2, 0) is 0 Å². The molecule has 1 aromatic carbocycles. The van der Waals surface area contributed by atoms with E-state index in [0.717, 1.165) is 31.1 Å². The highest BCUT2D eigenvalue weighted by atomic mass is 35.5. The molecule has 1 N–H and O–H groups in total. The molecule has 1 heterocycles. The number of benzene rings is 1. The third kappa shape index (κ3) is 3.67. The molecule has 112 valence electrons. The average Bonchev–Trinajstić information content (AvgIpc) is 2.76. The van der Waals surface area contributed by atoms with E-state index in [1.807, 2.05) is 0 Å². The van der Waals surface area contributed by atoms with Crippen LogP contribution in [0.5, 0.6) is 0 Å². The molecule has 0 aromatic heterocycles. The van der Waals surface area contributed by atoms with Crippen LogP contribution in [0.1, 0.15) is 52.1 Å². The zero-order valence-corrected chi connectivity index (χ0v) is 13.9. The van der Waals surface area contributed by atoms with Crippen LogP contribution in [0.4, 0.5) is 5.69 Å². The normalized spacial score (nSPS) is 19.4. The van der Waals surface area contributed by atoms with Gasteiger partial charge in [0.05, 0.1) is 0 Å². The Bertz CT molecular complexity index is 456. The second-order valence-electron chi connectivity index (χ2n) is 6.72. The van der Waals surface area contributed by atoms with Crippen LogP contribution in [-0.4, -0.2) is 19.6 Å². The summed E-state index contributed by atoms with van der Waals surface area (Å²) in [7, 11) is 0. The second-order valence-corrected chi connectivity index (χ2v) is 7.12. The maximum absolute atomic E-state index is 6.49. The van der Waals surface area contributed by atoms with Crippen LogP contribution in [0.15, 0.2) is 18.2 Å². The fourth-order valence-electron chi connectivity index (χ4n) is 2.87. The standard InChI is InChI=1S/C17H27ClN2/c1-5-9-19-13(2)15-7-6-14(11-16(15)18)20-10-8-17(3,4)12-20/h6-7,11,13,19H,5,8-10,12H2,1-4H3. The molecule has 1 atom stereocenters. The molecule has 0 bridgehead atoms. The number of rotatable bonds is 5. The summed E-state index contributed by atoms with van der Waals surface area (Å²) in [6.07, 6.45) is 2.39. The minimum absolute atomic E-state index is 0.312. The number of halogens is 1. The van der Waals surface area contributed by atoms with E-state index >= 15 is 0 Å². The number of nitrogens with one attached hydrogen (secondary N) is 1. The van der Waals surface area contributed by atoms with E-state index in [9.17, 15) is 0 Å². The summed E-state index contributed by atoms with van der Waals surface area (Å²) >= 11 is 6.49. The van der Waals surface area contributed by atoms with Gasteiger partial charge in [-0.2, -0.15) is 0 Å². The number of hydrogen-bond acceptors (Lipinski definition) is 2. The summed E-state index contributed by atoms with van der Waals surface area (Å²) < 4.78 is 0. The van der Waals surface area contributed by atoms with Crippen LogP contribution in [0.3, 0.4) is 0 Å². The van der Waals surface area contributed by atoms with Gasteiger partial charge in [0.2, 0.25) is 0 Å². The summed E-state index contributed by atoms with van der Waals surface area (Å²) in [6, 6.07) is 6.83. The first-order valence-electron chi connectivity index (χ1n) is 7.71. The van der Waals surface area contributed by atoms with Gasteiger partial charge in [-0.25, -0.2) is 0 Å². The van der Waals surface area contributed by atoms with Crippen LogP contribution in [0.2, 0.25) is 5.02 Å². The van der Waals surface area contributed by atoms with Crippen molar-refractivity contribution in [2.24, 2.45) is 5.41 Å². The highest BCUT2D eigenvalue weighted by molar-refractivity contribution is 6.31. The van der Waals surface area contributed by atoms with E-state index in [-0.39, 0.29) is 0 Å². The third-order valence-electron chi connectivity index (χ3n) is 4.19. The Morgan fingerprint density at radius 2 is 2.15 bits per heavy atom. The lowest BCUT2D eigenvalue weighted by Crippen LogP contribution is -2.23. The highest BCUT2D eigenvalue weighted by Crippen LogP contribution is 2.35. The van der Waals surface area contributed by atoms with Crippen molar-refractivity contribution in [3.63, 3.8) is 0 Å². The molecule has 0 radical (unpaired) electrons. The van der Waals surface area contributed by atoms with Gasteiger partial charge in [0, 0.05) is 29.8 Å². The molecule has 1 saturated heterocycles. The lowest BCUT2D eigenvalue weighted by Gasteiger charge is -2.23. The van der Waals surface area contributed by atoms with E-state index in [4.69, 9.17) is 11.6 Å². The van der Waals surface area contributed by atoms with Gasteiger partial charge in [-0.3, -0.25) is 0 Å². The van der Waals surface area contributed by atoms with E-state index in [0.29, 0.717) is 11.5 Å². The smallest absolute Gasteiger partial charge is 0.0474 e. The maximum atomic E-state index is 6.49. The van der Waals surface area contributed by atoms with Gasteiger partial charge < -0.3 is 10.2 Å². The van der Waals surface area contributed by atoms with Crippen molar-refractivity contribution >= 4 is 17.3 Å². The molecule has 1 aliphatic rings. The van der Waals surface area contributed by atoms with Crippen LogP contribution < -0.4 is 10.2 Å². The zero-order valence-electron chi connectivity index (χ0n) is 13.2. The minimum atomic E-state index is 0.312. The molecule has 1 aliphatic heterocycles. The first-order chi connectivity index (χ1) is 9.43. The number of anilines is 1. The van der Waals surface area contributed by atoms with Gasteiger partial charge in [-0.05, 0) is 49.4 Å². The van der Waals surface area contributed by atoms with Crippen molar-refractivity contribution < 1.29 is 0 Å². The predicted molar refractivity (Wildman–Crippen MR) is 88.8 cm³/mol. The Balaban J connectivity index is 2.10. The summed E-state index contributed by atoms with van der Waals surface area (Å²) in [4.78, 5) is 2.44. The van der Waals surface area contributed by atoms with Crippen LogP contribution >= 0.6 is 11.6 Å². The SMILES string of the molecule is CCCNC(C)c1ccc(N2CCC(C)(C)C2)cc1Cl. The maximum Gasteiger partial charge on any atom is 0.0474 e. The summed E-state index contributed by atoms with van der Waals surface area (Å²) in [5, 5.41) is 4.37. The second kappa shape index (κ2) is 6.36. The summed E-state index contributed by atoms with van der Waals surface area (Å²) in [6.45, 7) is 12.3. The first-order valence-corrected chi connectivity index (χ1v) is 8.08. The Hall–Kier alpha value is -0.730. The van der Waals surface area contributed by atoms with Crippen LogP contribution in [0, 0.1) is 5.41 Å². The van der Waals surface area contributed by atoms with E-state index in [1.54, 1.807) is 0 Å². The molecule has 0 spiro atoms. The van der Waals surface area contributed by atoms with Crippen molar-refractivity contribution in [3.05, 3.63) is 28.8 Å². The van der Waals surface area contributed by atoms with E-state index in [2.05, 4.69) is 56.1 Å². The Labute approximate surface area is 128 Å². The molecule has 2 nitrogen and oxygen atoms in total. The lowest BCUT2D eigenvalue weighted by atomic mass is 9.93. The van der Waals surface area contributed by atoms with Gasteiger partial charge in [0.1, 0.15) is 0 Å². The fourth-order valence-corrected chi connectivity index (χ4v) is 3.21. The fraction of sp³-hybridized carbons (Fsp3) is 0.647. The monoisotopic (exact) mass is 294 g/mol. The number of nitrogens with zero attached hydrogens (tertiary/aromatic N) is 1. The predicted octanol–water partition coefficient (Wildman–Crippen LogP) is 4.64. The zero-order chi connectivity index (χ0) is 14.8. The average molecular weight is 295 g/mol. The largest absolute Gasteiger partial charge is 0.371 e. The highest BCUT2D eigenvalue weighted by Gasteiger charge is 2.29. The summed E-state index contributed by atoms with van der Waals surface area (Å²) in [5.41, 5.74) is 2.87. The molecule has 1 unspecified atom stereocenters. The molecule has 1 fully saturated rings. The van der Waals surface area contributed by atoms with Crippen molar-refractivity contribution in [3.8, 4) is 0 Å². The Morgan fingerprint density at radius 1 is 1.40 bits per heavy atom. The quantitative estimate of drug-likeness (QED) is 0.851. The van der Waals surface area contributed by atoms with Crippen molar-refractivity contribution in [2.75, 3.05) is 24.5 Å². The first kappa shape index (κ1) is 15.7. The Kier molecular flexibility index (Phi) is 4.98. The molecule has 20 heavy (non-hydrogen) atoms. The third-order valence-corrected chi connectivity index (χ3v) is 4.52. The van der Waals surface area contributed by atoms with Crippen molar-refractivity contribution in [1.82, 2.24) is 5.32 Å². The molecular formula is C17H27ClN2. The van der Waals surface area contributed by atoms with Gasteiger partial charge >= 0.3 is 0 Å². The lowest BCUT2D eigenvalue weighted by molar-refractivity contribution is 0.418. The minimum Gasteiger partial charge on any atom is -0.371 e. The molecule has 1 aromatic rings. The van der Waals surface area contributed by atoms with Gasteiger partial charge in [0.25, 0.3) is 0 Å². The van der Waals surface area contributed by atoms with Crippen LogP contribution in [0.25, 0.3) is 0 Å². The molecule has 3 heteroatoms. The van der Waals surface area contributed by atoms with E-state index in [1.165, 1.54) is 17.7 Å².